The molecule has 3 N–H and O–H groups in total. The Bertz CT molecular complexity index is 428. The molecule has 0 spiro atoms. The van der Waals surface area contributed by atoms with Crippen molar-refractivity contribution in [2.75, 3.05) is 6.54 Å². The molecule has 0 radical (unpaired) electrons. The van der Waals surface area contributed by atoms with Crippen LogP contribution in [-0.2, 0) is 4.79 Å². The molecule has 3 heteroatoms. The summed E-state index contributed by atoms with van der Waals surface area (Å²) in [5, 5.41) is 3.00. The van der Waals surface area contributed by atoms with Crippen LogP contribution >= 0.6 is 0 Å². The Hall–Kier alpha value is -1.61. The van der Waals surface area contributed by atoms with E-state index in [1.54, 1.807) is 0 Å². The van der Waals surface area contributed by atoms with Crippen LogP contribution in [0.15, 0.2) is 42.5 Å². The Morgan fingerprint density at radius 3 is 2.79 bits per heavy atom. The zero-order valence-corrected chi connectivity index (χ0v) is 11.2. The highest BCUT2D eigenvalue weighted by molar-refractivity contribution is 5.76. The van der Waals surface area contributed by atoms with Crippen molar-refractivity contribution in [3.8, 4) is 0 Å². The molecule has 0 aromatic heterocycles. The maximum absolute atomic E-state index is 11.9. The lowest BCUT2D eigenvalue weighted by atomic mass is 9.94. The van der Waals surface area contributed by atoms with Crippen molar-refractivity contribution in [2.24, 2.45) is 11.7 Å². The largest absolute Gasteiger partial charge is 0.356 e. The van der Waals surface area contributed by atoms with E-state index in [1.165, 1.54) is 6.42 Å². The molecule has 102 valence electrons. The summed E-state index contributed by atoms with van der Waals surface area (Å²) in [6.07, 6.45) is 8.14. The van der Waals surface area contributed by atoms with Gasteiger partial charge in [0.05, 0.1) is 0 Å². The topological polar surface area (TPSA) is 55.1 Å². The van der Waals surface area contributed by atoms with Gasteiger partial charge in [0.25, 0.3) is 0 Å². The predicted octanol–water partition coefficient (Wildman–Crippen LogP) is 2.55. The van der Waals surface area contributed by atoms with E-state index in [2.05, 4.69) is 17.5 Å². The van der Waals surface area contributed by atoms with Gasteiger partial charge in [0.15, 0.2) is 0 Å². The molecule has 2 unspecified atom stereocenters. The molecule has 0 heterocycles. The lowest BCUT2D eigenvalue weighted by molar-refractivity contribution is -0.121. The highest BCUT2D eigenvalue weighted by Crippen LogP contribution is 2.17. The van der Waals surface area contributed by atoms with Crippen molar-refractivity contribution in [3.05, 3.63) is 48.0 Å². The normalized spacial score (nSPS) is 19.9. The van der Waals surface area contributed by atoms with Crippen LogP contribution in [0.4, 0.5) is 0 Å². The van der Waals surface area contributed by atoms with E-state index >= 15 is 0 Å². The number of nitrogens with one attached hydrogen (secondary N) is 1. The number of carbonyl (C=O) groups excluding carboxylic acids is 1. The molecule has 1 aromatic rings. The average Bonchev–Trinajstić information content (AvgIpc) is 2.47. The quantitative estimate of drug-likeness (QED) is 0.797. The molecule has 2 atom stereocenters. The molecule has 1 aliphatic rings. The summed E-state index contributed by atoms with van der Waals surface area (Å²) in [5.41, 5.74) is 7.04. The van der Waals surface area contributed by atoms with Gasteiger partial charge in [0.2, 0.25) is 5.91 Å². The second-order valence-corrected chi connectivity index (χ2v) is 5.18. The number of benzene rings is 1. The summed E-state index contributed by atoms with van der Waals surface area (Å²) < 4.78 is 0. The predicted molar refractivity (Wildman–Crippen MR) is 77.5 cm³/mol. The second kappa shape index (κ2) is 7.10. The zero-order valence-electron chi connectivity index (χ0n) is 11.2. The van der Waals surface area contributed by atoms with Gasteiger partial charge < -0.3 is 11.1 Å². The summed E-state index contributed by atoms with van der Waals surface area (Å²) in [5.74, 6) is 0.632. The second-order valence-electron chi connectivity index (χ2n) is 5.18. The Kier molecular flexibility index (Phi) is 5.16. The van der Waals surface area contributed by atoms with Crippen molar-refractivity contribution in [2.45, 2.75) is 31.7 Å². The number of amides is 1. The van der Waals surface area contributed by atoms with Crippen molar-refractivity contribution < 1.29 is 4.79 Å². The first-order valence-corrected chi connectivity index (χ1v) is 6.98. The molecule has 0 saturated heterocycles. The van der Waals surface area contributed by atoms with Gasteiger partial charge in [-0.15, -0.1) is 0 Å². The summed E-state index contributed by atoms with van der Waals surface area (Å²) in [6.45, 7) is 0.769. The molecule has 1 amide bonds. The Morgan fingerprint density at radius 2 is 2.11 bits per heavy atom. The van der Waals surface area contributed by atoms with Crippen LogP contribution in [0.5, 0.6) is 0 Å². The lowest BCUT2D eigenvalue weighted by Crippen LogP contribution is -2.32. The van der Waals surface area contributed by atoms with E-state index in [1.807, 2.05) is 30.3 Å². The number of rotatable bonds is 5. The summed E-state index contributed by atoms with van der Waals surface area (Å²) in [7, 11) is 0. The average molecular weight is 258 g/mol. The summed E-state index contributed by atoms with van der Waals surface area (Å²) >= 11 is 0. The monoisotopic (exact) mass is 258 g/mol. The van der Waals surface area contributed by atoms with Gasteiger partial charge in [-0.2, -0.15) is 0 Å². The fourth-order valence-electron chi connectivity index (χ4n) is 2.39. The molecule has 2 rings (SSSR count). The Balaban J connectivity index is 1.73. The van der Waals surface area contributed by atoms with Crippen LogP contribution in [0.25, 0.3) is 0 Å². The number of nitrogens with two attached hydrogens (primary N) is 1. The van der Waals surface area contributed by atoms with Gasteiger partial charge in [-0.25, -0.2) is 0 Å². The van der Waals surface area contributed by atoms with Gasteiger partial charge in [0, 0.05) is 19.0 Å². The van der Waals surface area contributed by atoms with Crippen LogP contribution < -0.4 is 11.1 Å². The highest BCUT2D eigenvalue weighted by Gasteiger charge is 2.14. The van der Waals surface area contributed by atoms with Gasteiger partial charge in [-0.1, -0.05) is 42.5 Å². The molecule has 1 aromatic carbocycles. The Labute approximate surface area is 114 Å². The molecule has 0 fully saturated rings. The minimum absolute atomic E-state index is 0.0471. The van der Waals surface area contributed by atoms with E-state index < -0.39 is 0 Å². The van der Waals surface area contributed by atoms with Crippen LogP contribution in [0.3, 0.4) is 0 Å². The first-order valence-electron chi connectivity index (χ1n) is 6.98. The standard InChI is InChI=1S/C16H22N2O/c17-15(14-9-5-2-6-10-14)11-16(19)18-12-13-7-3-1-4-8-13/h1-3,5-6,9-10,13,15H,4,7-8,11-12,17H2,(H,18,19). The number of carbonyl (C=O) groups is 1. The van der Waals surface area contributed by atoms with Crippen molar-refractivity contribution >= 4 is 5.91 Å². The van der Waals surface area contributed by atoms with Gasteiger partial charge >= 0.3 is 0 Å². The molecular formula is C16H22N2O. The molecule has 0 saturated carbocycles. The lowest BCUT2D eigenvalue weighted by Gasteiger charge is -2.19. The van der Waals surface area contributed by atoms with Crippen LogP contribution in [-0.4, -0.2) is 12.5 Å². The minimum atomic E-state index is -0.215. The molecule has 0 bridgehead atoms. The fraction of sp³-hybridized carbons (Fsp3) is 0.438. The molecule has 3 nitrogen and oxygen atoms in total. The third-order valence-electron chi connectivity index (χ3n) is 3.60. The number of allylic oxidation sites excluding steroid dienone is 2. The SMILES string of the molecule is NC(CC(=O)NCC1CC=CCC1)c1ccccc1. The van der Waals surface area contributed by atoms with Crippen molar-refractivity contribution in [1.29, 1.82) is 0 Å². The zero-order chi connectivity index (χ0) is 13.5. The summed E-state index contributed by atoms with van der Waals surface area (Å²) in [6, 6.07) is 9.55. The van der Waals surface area contributed by atoms with Gasteiger partial charge in [-0.05, 0) is 30.7 Å². The third-order valence-corrected chi connectivity index (χ3v) is 3.60. The van der Waals surface area contributed by atoms with Crippen LogP contribution in [0.2, 0.25) is 0 Å². The van der Waals surface area contributed by atoms with E-state index in [9.17, 15) is 4.79 Å². The minimum Gasteiger partial charge on any atom is -0.356 e. The number of hydrogen-bond acceptors (Lipinski definition) is 2. The molecule has 19 heavy (non-hydrogen) atoms. The number of hydrogen-bond donors (Lipinski definition) is 2. The summed E-state index contributed by atoms with van der Waals surface area (Å²) in [4.78, 5) is 11.9. The van der Waals surface area contributed by atoms with Crippen molar-refractivity contribution in [3.63, 3.8) is 0 Å². The fourth-order valence-corrected chi connectivity index (χ4v) is 2.39. The van der Waals surface area contributed by atoms with Crippen LogP contribution in [0.1, 0.15) is 37.3 Å². The van der Waals surface area contributed by atoms with Crippen molar-refractivity contribution in [1.82, 2.24) is 5.32 Å². The highest BCUT2D eigenvalue weighted by atomic mass is 16.1. The molecular weight excluding hydrogens is 236 g/mol. The van der Waals surface area contributed by atoms with E-state index in [0.717, 1.165) is 24.9 Å². The first-order chi connectivity index (χ1) is 9.25. The first kappa shape index (κ1) is 13.8. The van der Waals surface area contributed by atoms with E-state index in [0.29, 0.717) is 12.3 Å². The Morgan fingerprint density at radius 1 is 1.32 bits per heavy atom. The molecule has 0 aliphatic heterocycles. The maximum atomic E-state index is 11.9. The third kappa shape index (κ3) is 4.52. The van der Waals surface area contributed by atoms with Gasteiger partial charge in [0.1, 0.15) is 0 Å². The van der Waals surface area contributed by atoms with Gasteiger partial charge in [-0.3, -0.25) is 4.79 Å². The molecule has 1 aliphatic carbocycles. The maximum Gasteiger partial charge on any atom is 0.221 e. The van der Waals surface area contributed by atoms with Crippen LogP contribution in [0, 0.1) is 5.92 Å². The van der Waals surface area contributed by atoms with E-state index in [-0.39, 0.29) is 11.9 Å². The smallest absolute Gasteiger partial charge is 0.221 e. The van der Waals surface area contributed by atoms with E-state index in [4.69, 9.17) is 5.73 Å².